The number of nitrogens with zero attached hydrogens (tertiary/aromatic N) is 1. The van der Waals surface area contributed by atoms with Crippen molar-refractivity contribution in [1.82, 2.24) is 10.2 Å². The lowest BCUT2D eigenvalue weighted by atomic mass is 9.88. The van der Waals surface area contributed by atoms with Gasteiger partial charge in [-0.2, -0.15) is 0 Å². The minimum Gasteiger partial charge on any atom is -0.480 e. The summed E-state index contributed by atoms with van der Waals surface area (Å²) in [4.78, 5) is 39.8. The number of rotatable bonds is 7. The monoisotopic (exact) mass is 464 g/mol. The number of ether oxygens (including phenoxy) is 1. The second-order valence-electron chi connectivity index (χ2n) is 9.38. The number of benzene rings is 2. The van der Waals surface area contributed by atoms with E-state index in [1.807, 2.05) is 50.2 Å². The van der Waals surface area contributed by atoms with E-state index in [-0.39, 0.29) is 18.4 Å². The molecule has 34 heavy (non-hydrogen) atoms. The van der Waals surface area contributed by atoms with Gasteiger partial charge in [-0.25, -0.2) is 9.59 Å². The zero-order valence-corrected chi connectivity index (χ0v) is 20.0. The van der Waals surface area contributed by atoms with E-state index in [0.717, 1.165) is 22.3 Å². The molecule has 0 unspecified atom stereocenters. The molecule has 7 nitrogen and oxygen atoms in total. The highest BCUT2D eigenvalue weighted by atomic mass is 16.5. The fourth-order valence-corrected chi connectivity index (χ4v) is 5.38. The molecule has 2 N–H and O–H groups in total. The molecule has 2 aliphatic rings. The highest BCUT2D eigenvalue weighted by Crippen LogP contribution is 2.44. The minimum atomic E-state index is -1.27. The quantitative estimate of drug-likeness (QED) is 0.627. The molecular formula is C27H32N2O5. The van der Waals surface area contributed by atoms with Crippen LogP contribution in [0.2, 0.25) is 0 Å². The summed E-state index contributed by atoms with van der Waals surface area (Å²) in [6, 6.07) is 16.2. The summed E-state index contributed by atoms with van der Waals surface area (Å²) in [7, 11) is 0. The Bertz CT molecular complexity index is 1060. The average Bonchev–Trinajstić information content (AvgIpc) is 3.40. The largest absolute Gasteiger partial charge is 0.480 e. The molecule has 0 bridgehead atoms. The Morgan fingerprint density at radius 3 is 2.15 bits per heavy atom. The summed E-state index contributed by atoms with van der Waals surface area (Å²) in [5, 5.41) is 12.6. The molecule has 2 aromatic rings. The van der Waals surface area contributed by atoms with E-state index < -0.39 is 23.1 Å². The van der Waals surface area contributed by atoms with Gasteiger partial charge >= 0.3 is 12.1 Å². The van der Waals surface area contributed by atoms with Gasteiger partial charge in [0.25, 0.3) is 0 Å². The van der Waals surface area contributed by atoms with Crippen LogP contribution in [0.3, 0.4) is 0 Å². The van der Waals surface area contributed by atoms with Crippen LogP contribution in [0, 0.1) is 0 Å². The number of hydrogen-bond donors (Lipinski definition) is 2. The summed E-state index contributed by atoms with van der Waals surface area (Å²) < 4.78 is 5.67. The average molecular weight is 465 g/mol. The summed E-state index contributed by atoms with van der Waals surface area (Å²) in [6.07, 6.45) is 0.998. The van der Waals surface area contributed by atoms with E-state index in [1.54, 1.807) is 6.92 Å². The van der Waals surface area contributed by atoms with Gasteiger partial charge in [-0.05, 0) is 54.9 Å². The molecule has 1 aliphatic carbocycles. The molecule has 0 spiro atoms. The highest BCUT2D eigenvalue weighted by Gasteiger charge is 2.51. The van der Waals surface area contributed by atoms with Crippen LogP contribution in [0.15, 0.2) is 48.5 Å². The Balaban J connectivity index is 1.50. The Kier molecular flexibility index (Phi) is 6.39. The van der Waals surface area contributed by atoms with E-state index >= 15 is 0 Å². The van der Waals surface area contributed by atoms with Crippen LogP contribution < -0.4 is 5.32 Å². The van der Waals surface area contributed by atoms with Crippen molar-refractivity contribution in [3.8, 4) is 11.1 Å². The first-order chi connectivity index (χ1) is 16.3. The fraction of sp³-hybridized carbons (Fsp3) is 0.444. The number of fused-ring (bicyclic) bond motifs is 3. The summed E-state index contributed by atoms with van der Waals surface area (Å²) in [6.45, 7) is 5.71. The number of alkyl carbamates (subject to hydrolysis) is 1. The molecule has 7 heteroatoms. The number of hydrogen-bond acceptors (Lipinski definition) is 4. The van der Waals surface area contributed by atoms with Gasteiger partial charge < -0.3 is 20.1 Å². The van der Waals surface area contributed by atoms with Gasteiger partial charge in [0.1, 0.15) is 17.7 Å². The molecule has 1 atom stereocenters. The molecule has 4 rings (SSSR count). The SMILES string of the molecule is CCC(CC)(NC(=O)OCC1c2ccccc2-c2ccccc21)C(=O)N1CCC[C@@]1(C)C(=O)O. The van der Waals surface area contributed by atoms with E-state index in [0.29, 0.717) is 32.2 Å². The van der Waals surface area contributed by atoms with Gasteiger partial charge in [0.15, 0.2) is 0 Å². The van der Waals surface area contributed by atoms with Crippen LogP contribution in [0.25, 0.3) is 11.1 Å². The first-order valence-electron chi connectivity index (χ1n) is 12.0. The maximum atomic E-state index is 13.6. The number of amides is 2. The smallest absolute Gasteiger partial charge is 0.408 e. The van der Waals surface area contributed by atoms with E-state index in [9.17, 15) is 19.5 Å². The first kappa shape index (κ1) is 23.8. The lowest BCUT2D eigenvalue weighted by Gasteiger charge is -2.40. The van der Waals surface area contributed by atoms with E-state index in [4.69, 9.17) is 4.74 Å². The second kappa shape index (κ2) is 9.12. The molecular weight excluding hydrogens is 432 g/mol. The maximum absolute atomic E-state index is 13.6. The molecule has 180 valence electrons. The number of carbonyl (C=O) groups is 3. The van der Waals surface area contributed by atoms with Crippen molar-refractivity contribution >= 4 is 18.0 Å². The lowest BCUT2D eigenvalue weighted by Crippen LogP contribution is -2.63. The van der Waals surface area contributed by atoms with Crippen LogP contribution in [-0.4, -0.2) is 52.2 Å². The Hall–Kier alpha value is -3.35. The standard InChI is InChI=1S/C27H32N2O5/c1-4-27(5-2,23(30)29-16-10-15-26(29,3)24(31)32)28-25(33)34-17-22-20-13-8-6-11-18(20)19-12-7-9-14-21(19)22/h6-9,11-14,22H,4-5,10,15-17H2,1-3H3,(H,28,33)(H,31,32)/t26-/m0/s1. The zero-order valence-electron chi connectivity index (χ0n) is 20.0. The van der Waals surface area contributed by atoms with Crippen molar-refractivity contribution in [2.75, 3.05) is 13.2 Å². The predicted molar refractivity (Wildman–Crippen MR) is 129 cm³/mol. The Morgan fingerprint density at radius 2 is 1.62 bits per heavy atom. The van der Waals surface area contributed by atoms with Crippen molar-refractivity contribution in [2.24, 2.45) is 0 Å². The van der Waals surface area contributed by atoms with Crippen molar-refractivity contribution in [3.63, 3.8) is 0 Å². The Labute approximate surface area is 200 Å². The van der Waals surface area contributed by atoms with Gasteiger partial charge in [-0.3, -0.25) is 4.79 Å². The molecule has 2 aromatic carbocycles. The van der Waals surface area contributed by atoms with Gasteiger partial charge in [0, 0.05) is 12.5 Å². The van der Waals surface area contributed by atoms with Crippen molar-refractivity contribution in [3.05, 3.63) is 59.7 Å². The predicted octanol–water partition coefficient (Wildman–Crippen LogP) is 4.55. The third kappa shape index (κ3) is 3.83. The lowest BCUT2D eigenvalue weighted by molar-refractivity contribution is -0.158. The van der Waals surface area contributed by atoms with Crippen molar-refractivity contribution < 1.29 is 24.2 Å². The normalized spacial score (nSPS) is 19.4. The molecule has 1 saturated heterocycles. The number of nitrogens with one attached hydrogen (secondary N) is 1. The number of carboxylic acid groups (broad SMARTS) is 1. The fourth-order valence-electron chi connectivity index (χ4n) is 5.38. The summed E-state index contributed by atoms with van der Waals surface area (Å²) in [5.41, 5.74) is 2.01. The molecule has 1 fully saturated rings. The summed E-state index contributed by atoms with van der Waals surface area (Å²) >= 11 is 0. The van der Waals surface area contributed by atoms with Crippen molar-refractivity contribution in [1.29, 1.82) is 0 Å². The van der Waals surface area contributed by atoms with Crippen LogP contribution in [0.1, 0.15) is 63.5 Å². The van der Waals surface area contributed by atoms with Gasteiger partial charge in [0.2, 0.25) is 5.91 Å². The second-order valence-corrected chi connectivity index (χ2v) is 9.38. The topological polar surface area (TPSA) is 95.9 Å². The first-order valence-corrected chi connectivity index (χ1v) is 12.0. The highest BCUT2D eigenvalue weighted by molar-refractivity contribution is 5.94. The van der Waals surface area contributed by atoms with Crippen LogP contribution in [-0.2, 0) is 14.3 Å². The van der Waals surface area contributed by atoms with Crippen LogP contribution >= 0.6 is 0 Å². The van der Waals surface area contributed by atoms with Gasteiger partial charge in [0.05, 0.1) is 0 Å². The van der Waals surface area contributed by atoms with Crippen LogP contribution in [0.5, 0.6) is 0 Å². The minimum absolute atomic E-state index is 0.0830. The third-order valence-corrected chi connectivity index (χ3v) is 7.65. The molecule has 1 aliphatic heterocycles. The van der Waals surface area contributed by atoms with Gasteiger partial charge in [-0.15, -0.1) is 0 Å². The molecule has 2 amide bonds. The van der Waals surface area contributed by atoms with E-state index in [2.05, 4.69) is 17.4 Å². The molecule has 1 heterocycles. The Morgan fingerprint density at radius 1 is 1.06 bits per heavy atom. The van der Waals surface area contributed by atoms with Gasteiger partial charge in [-0.1, -0.05) is 62.4 Å². The number of carbonyl (C=O) groups excluding carboxylic acids is 2. The molecule has 0 radical (unpaired) electrons. The maximum Gasteiger partial charge on any atom is 0.408 e. The zero-order chi connectivity index (χ0) is 24.5. The number of carboxylic acids is 1. The number of likely N-dealkylation sites (tertiary alicyclic amines) is 1. The molecule has 0 aromatic heterocycles. The molecule has 0 saturated carbocycles. The van der Waals surface area contributed by atoms with E-state index in [1.165, 1.54) is 4.90 Å². The number of aliphatic carboxylic acids is 1. The van der Waals surface area contributed by atoms with Crippen LogP contribution in [0.4, 0.5) is 4.79 Å². The summed E-state index contributed by atoms with van der Waals surface area (Å²) in [5.74, 6) is -1.48. The van der Waals surface area contributed by atoms with Crippen molar-refractivity contribution in [2.45, 2.75) is 63.5 Å². The third-order valence-electron chi connectivity index (χ3n) is 7.65.